The van der Waals surface area contributed by atoms with Gasteiger partial charge in [0.1, 0.15) is 11.7 Å². The fraction of sp³-hybridized carbons (Fsp3) is 0.188. The lowest BCUT2D eigenvalue weighted by atomic mass is 9.87. The monoisotopic (exact) mass is 286 g/mol. The Bertz CT molecular complexity index is 705. The number of aryl methyl sites for hydroxylation is 1. The number of rotatable bonds is 1. The molecule has 108 valence electrons. The minimum atomic E-state index is -1.34. The van der Waals surface area contributed by atoms with Crippen LogP contribution in [-0.2, 0) is 0 Å². The van der Waals surface area contributed by atoms with E-state index in [1.54, 1.807) is 12.1 Å². The molecule has 0 radical (unpaired) electrons. The number of carbonyl (C=O) groups excluding carboxylic acids is 1. The summed E-state index contributed by atoms with van der Waals surface area (Å²) < 4.78 is 5.30. The van der Waals surface area contributed by atoms with Gasteiger partial charge in [-0.25, -0.2) is 0 Å². The van der Waals surface area contributed by atoms with Crippen LogP contribution in [0.15, 0.2) is 36.4 Å². The van der Waals surface area contributed by atoms with E-state index in [2.05, 4.69) is 0 Å². The SMILES string of the molecule is Cc1ccc(C2C(=O)c3cc(O)c(O)cc3OC2O)cc1. The highest BCUT2D eigenvalue weighted by atomic mass is 16.6. The Morgan fingerprint density at radius 2 is 1.67 bits per heavy atom. The van der Waals surface area contributed by atoms with Crippen molar-refractivity contribution in [2.45, 2.75) is 19.1 Å². The predicted octanol–water partition coefficient (Wildman–Crippen LogP) is 2.08. The zero-order chi connectivity index (χ0) is 15.1. The fourth-order valence-corrected chi connectivity index (χ4v) is 2.43. The highest BCUT2D eigenvalue weighted by Crippen LogP contribution is 2.40. The van der Waals surface area contributed by atoms with Gasteiger partial charge in [0, 0.05) is 6.07 Å². The normalized spacial score (nSPS) is 20.8. The van der Waals surface area contributed by atoms with Gasteiger partial charge < -0.3 is 20.1 Å². The first-order valence-corrected chi connectivity index (χ1v) is 6.49. The number of phenols is 2. The molecule has 0 fully saturated rings. The van der Waals surface area contributed by atoms with Crippen LogP contribution < -0.4 is 4.74 Å². The highest BCUT2D eigenvalue weighted by molar-refractivity contribution is 6.05. The van der Waals surface area contributed by atoms with Crippen LogP contribution in [0.25, 0.3) is 0 Å². The molecule has 5 heteroatoms. The van der Waals surface area contributed by atoms with Gasteiger partial charge in [0.05, 0.1) is 5.56 Å². The first-order chi connectivity index (χ1) is 9.97. The molecule has 0 amide bonds. The quantitative estimate of drug-likeness (QED) is 0.699. The second kappa shape index (κ2) is 4.79. The third-order valence-corrected chi connectivity index (χ3v) is 3.59. The number of Topliss-reactive ketones (excluding diaryl/α,β-unsaturated/α-hetero) is 1. The van der Waals surface area contributed by atoms with Crippen molar-refractivity contribution in [3.63, 3.8) is 0 Å². The Balaban J connectivity index is 2.06. The summed E-state index contributed by atoms with van der Waals surface area (Å²) in [5, 5.41) is 29.1. The van der Waals surface area contributed by atoms with Crippen molar-refractivity contribution in [2.24, 2.45) is 0 Å². The Morgan fingerprint density at radius 1 is 1.05 bits per heavy atom. The molecule has 5 nitrogen and oxygen atoms in total. The molecule has 2 aromatic carbocycles. The minimum absolute atomic E-state index is 0.0613. The molecule has 0 bridgehead atoms. The summed E-state index contributed by atoms with van der Waals surface area (Å²) >= 11 is 0. The zero-order valence-electron chi connectivity index (χ0n) is 11.3. The molecule has 0 saturated heterocycles. The van der Waals surface area contributed by atoms with E-state index in [9.17, 15) is 20.1 Å². The van der Waals surface area contributed by atoms with Crippen LogP contribution in [0.2, 0.25) is 0 Å². The maximum Gasteiger partial charge on any atom is 0.211 e. The van der Waals surface area contributed by atoms with Crippen molar-refractivity contribution in [1.82, 2.24) is 0 Å². The van der Waals surface area contributed by atoms with E-state index in [1.165, 1.54) is 0 Å². The van der Waals surface area contributed by atoms with E-state index >= 15 is 0 Å². The first-order valence-electron chi connectivity index (χ1n) is 6.49. The average molecular weight is 286 g/mol. The van der Waals surface area contributed by atoms with E-state index in [0.717, 1.165) is 17.7 Å². The van der Waals surface area contributed by atoms with Crippen LogP contribution in [0, 0.1) is 6.92 Å². The molecule has 3 N–H and O–H groups in total. The maximum absolute atomic E-state index is 12.5. The maximum atomic E-state index is 12.5. The number of aliphatic hydroxyl groups is 1. The van der Waals surface area contributed by atoms with Crippen LogP contribution in [-0.4, -0.2) is 27.4 Å². The third kappa shape index (κ3) is 2.21. The molecule has 2 unspecified atom stereocenters. The van der Waals surface area contributed by atoms with Crippen molar-refractivity contribution in [2.75, 3.05) is 0 Å². The Kier molecular flexibility index (Phi) is 3.07. The summed E-state index contributed by atoms with van der Waals surface area (Å²) in [5.74, 6) is -1.96. The molecule has 1 heterocycles. The van der Waals surface area contributed by atoms with Crippen molar-refractivity contribution in [3.05, 3.63) is 53.1 Å². The Morgan fingerprint density at radius 3 is 2.33 bits per heavy atom. The second-order valence-corrected chi connectivity index (χ2v) is 5.10. The lowest BCUT2D eigenvalue weighted by molar-refractivity contribution is -0.0387. The first kappa shape index (κ1) is 13.5. The molecular formula is C16H14O5. The van der Waals surface area contributed by atoms with Gasteiger partial charge in [-0.05, 0) is 18.6 Å². The van der Waals surface area contributed by atoms with Gasteiger partial charge in [-0.2, -0.15) is 0 Å². The van der Waals surface area contributed by atoms with Gasteiger partial charge in [0.15, 0.2) is 17.3 Å². The van der Waals surface area contributed by atoms with Crippen LogP contribution in [0.4, 0.5) is 0 Å². The molecule has 21 heavy (non-hydrogen) atoms. The van der Waals surface area contributed by atoms with E-state index in [-0.39, 0.29) is 17.1 Å². The molecule has 2 atom stereocenters. The lowest BCUT2D eigenvalue weighted by Crippen LogP contribution is -2.35. The molecule has 1 aliphatic heterocycles. The van der Waals surface area contributed by atoms with E-state index in [0.29, 0.717) is 5.56 Å². The smallest absolute Gasteiger partial charge is 0.211 e. The molecule has 0 aromatic heterocycles. The third-order valence-electron chi connectivity index (χ3n) is 3.59. The summed E-state index contributed by atoms with van der Waals surface area (Å²) in [5.41, 5.74) is 1.82. The fourth-order valence-electron chi connectivity index (χ4n) is 2.43. The van der Waals surface area contributed by atoms with E-state index in [1.807, 2.05) is 19.1 Å². The Labute approximate surface area is 121 Å². The predicted molar refractivity (Wildman–Crippen MR) is 74.7 cm³/mol. The van der Waals surface area contributed by atoms with Gasteiger partial charge in [-0.15, -0.1) is 0 Å². The number of hydrogen-bond donors (Lipinski definition) is 3. The van der Waals surface area contributed by atoms with Crippen molar-refractivity contribution < 1.29 is 24.9 Å². The van der Waals surface area contributed by atoms with Gasteiger partial charge in [0.25, 0.3) is 0 Å². The Hall–Kier alpha value is -2.53. The topological polar surface area (TPSA) is 87.0 Å². The van der Waals surface area contributed by atoms with Gasteiger partial charge >= 0.3 is 0 Å². The zero-order valence-corrected chi connectivity index (χ0v) is 11.3. The molecule has 0 aliphatic carbocycles. The summed E-state index contributed by atoms with van der Waals surface area (Å²) in [6, 6.07) is 9.49. The molecule has 1 aliphatic rings. The molecule has 0 saturated carbocycles. The molecular weight excluding hydrogens is 272 g/mol. The van der Waals surface area contributed by atoms with Gasteiger partial charge in [-0.1, -0.05) is 29.8 Å². The van der Waals surface area contributed by atoms with Crippen LogP contribution >= 0.6 is 0 Å². The number of fused-ring (bicyclic) bond motifs is 1. The van der Waals surface area contributed by atoms with Crippen molar-refractivity contribution in [1.29, 1.82) is 0 Å². The lowest BCUT2D eigenvalue weighted by Gasteiger charge is -2.29. The van der Waals surface area contributed by atoms with Gasteiger partial charge in [0.2, 0.25) is 6.29 Å². The molecule has 2 aromatic rings. The van der Waals surface area contributed by atoms with E-state index in [4.69, 9.17) is 4.74 Å². The largest absolute Gasteiger partial charge is 0.504 e. The number of aromatic hydroxyl groups is 2. The van der Waals surface area contributed by atoms with Crippen LogP contribution in [0.5, 0.6) is 17.2 Å². The number of carbonyl (C=O) groups is 1. The summed E-state index contributed by atoms with van der Waals surface area (Å²) in [7, 11) is 0. The average Bonchev–Trinajstić information content (AvgIpc) is 2.43. The molecule has 0 spiro atoms. The number of aliphatic hydroxyl groups excluding tert-OH is 1. The number of ether oxygens (including phenoxy) is 1. The number of ketones is 1. The van der Waals surface area contributed by atoms with Crippen molar-refractivity contribution >= 4 is 5.78 Å². The van der Waals surface area contributed by atoms with Gasteiger partial charge in [-0.3, -0.25) is 4.79 Å². The number of benzene rings is 2. The van der Waals surface area contributed by atoms with Crippen molar-refractivity contribution in [3.8, 4) is 17.2 Å². The number of phenolic OH excluding ortho intramolecular Hbond substituents is 2. The summed E-state index contributed by atoms with van der Waals surface area (Å²) in [6.07, 6.45) is -1.34. The summed E-state index contributed by atoms with van der Waals surface area (Å²) in [6.45, 7) is 1.93. The molecule has 3 rings (SSSR count). The standard InChI is InChI=1S/C16H14O5/c1-8-2-4-9(5-3-8)14-15(19)10-6-11(17)12(18)7-13(10)21-16(14)20/h2-7,14,16-18,20H,1H3. The van der Waals surface area contributed by atoms with Crippen LogP contribution in [0.3, 0.4) is 0 Å². The second-order valence-electron chi connectivity index (χ2n) is 5.10. The van der Waals surface area contributed by atoms with Crippen LogP contribution in [0.1, 0.15) is 27.4 Å². The number of hydrogen-bond acceptors (Lipinski definition) is 5. The highest BCUT2D eigenvalue weighted by Gasteiger charge is 2.38. The van der Waals surface area contributed by atoms with E-state index < -0.39 is 23.7 Å². The minimum Gasteiger partial charge on any atom is -0.504 e. The summed E-state index contributed by atoms with van der Waals surface area (Å²) in [4.78, 5) is 12.5.